The second kappa shape index (κ2) is 10.1. The standard InChI is InChI=1S/C20H28N4O6/c1-20(2,3)30-18(28)15-10-7-12-21-24(15)19(29)23(13-11-16(25)26)22-17(27)14-8-5-4-6-9-14/h4-6,8-9,15,21H,7,10-13H2,1-3H3,(H,22,27)(H,25,26). The second-order valence-electron chi connectivity index (χ2n) is 7.85. The van der Waals surface area contributed by atoms with Crippen LogP contribution in [0.4, 0.5) is 4.79 Å². The molecule has 3 amide bonds. The Kier molecular flexibility index (Phi) is 7.76. The van der Waals surface area contributed by atoms with Crippen molar-refractivity contribution in [2.75, 3.05) is 13.1 Å². The van der Waals surface area contributed by atoms with E-state index in [0.717, 1.165) is 10.0 Å². The monoisotopic (exact) mass is 420 g/mol. The molecule has 0 radical (unpaired) electrons. The highest BCUT2D eigenvalue weighted by Crippen LogP contribution is 2.18. The van der Waals surface area contributed by atoms with E-state index in [1.165, 1.54) is 0 Å². The summed E-state index contributed by atoms with van der Waals surface area (Å²) in [5, 5.41) is 11.0. The number of hydrogen-bond donors (Lipinski definition) is 3. The molecule has 0 saturated carbocycles. The van der Waals surface area contributed by atoms with Crippen LogP contribution < -0.4 is 10.9 Å². The molecule has 10 nitrogen and oxygen atoms in total. The minimum atomic E-state index is -1.13. The number of carboxylic acid groups (broad SMARTS) is 1. The average Bonchev–Trinajstić information content (AvgIpc) is 2.69. The molecule has 2 rings (SSSR count). The van der Waals surface area contributed by atoms with Gasteiger partial charge in [0, 0.05) is 12.1 Å². The van der Waals surface area contributed by atoms with Crippen LogP contribution in [0.3, 0.4) is 0 Å². The van der Waals surface area contributed by atoms with E-state index in [1.54, 1.807) is 51.1 Å². The first-order valence-corrected chi connectivity index (χ1v) is 9.73. The first-order valence-electron chi connectivity index (χ1n) is 9.73. The smallest absolute Gasteiger partial charge is 0.353 e. The number of carboxylic acids is 1. The number of nitrogens with one attached hydrogen (secondary N) is 2. The summed E-state index contributed by atoms with van der Waals surface area (Å²) in [4.78, 5) is 49.3. The maximum Gasteiger partial charge on any atom is 0.353 e. The van der Waals surface area contributed by atoms with Gasteiger partial charge >= 0.3 is 18.0 Å². The lowest BCUT2D eigenvalue weighted by molar-refractivity contribution is -0.163. The van der Waals surface area contributed by atoms with Crippen LogP contribution in [-0.2, 0) is 14.3 Å². The molecule has 0 bridgehead atoms. The molecule has 3 N–H and O–H groups in total. The predicted molar refractivity (Wildman–Crippen MR) is 107 cm³/mol. The molecule has 0 aromatic heterocycles. The summed E-state index contributed by atoms with van der Waals surface area (Å²) in [7, 11) is 0. The zero-order chi connectivity index (χ0) is 22.3. The summed E-state index contributed by atoms with van der Waals surface area (Å²) >= 11 is 0. The third kappa shape index (κ3) is 6.73. The van der Waals surface area contributed by atoms with E-state index in [4.69, 9.17) is 9.84 Å². The van der Waals surface area contributed by atoms with Gasteiger partial charge in [0.25, 0.3) is 5.91 Å². The summed E-state index contributed by atoms with van der Waals surface area (Å²) in [6.45, 7) is 5.36. The minimum absolute atomic E-state index is 0.272. The molecule has 0 aliphatic carbocycles. The summed E-state index contributed by atoms with van der Waals surface area (Å²) < 4.78 is 5.41. The zero-order valence-corrected chi connectivity index (χ0v) is 17.4. The van der Waals surface area contributed by atoms with E-state index in [2.05, 4.69) is 10.9 Å². The number of amides is 3. The van der Waals surface area contributed by atoms with Crippen molar-refractivity contribution < 1.29 is 29.0 Å². The number of hydrogen-bond acceptors (Lipinski definition) is 6. The van der Waals surface area contributed by atoms with E-state index in [0.29, 0.717) is 24.9 Å². The first kappa shape index (κ1) is 23.1. The van der Waals surface area contributed by atoms with Gasteiger partial charge in [0.15, 0.2) is 0 Å². The van der Waals surface area contributed by atoms with Crippen molar-refractivity contribution in [1.82, 2.24) is 20.9 Å². The Morgan fingerprint density at radius 2 is 1.90 bits per heavy atom. The van der Waals surface area contributed by atoms with Gasteiger partial charge in [-0.3, -0.25) is 15.0 Å². The van der Waals surface area contributed by atoms with Gasteiger partial charge in [-0.2, -0.15) is 0 Å². The predicted octanol–water partition coefficient (Wildman–Crippen LogP) is 1.54. The molecule has 1 aromatic carbocycles. The normalized spacial score (nSPS) is 16.5. The molecular weight excluding hydrogens is 392 g/mol. The van der Waals surface area contributed by atoms with Gasteiger partial charge in [0.2, 0.25) is 0 Å². The van der Waals surface area contributed by atoms with Crippen LogP contribution in [0.5, 0.6) is 0 Å². The number of carbonyl (C=O) groups excluding carboxylic acids is 3. The Morgan fingerprint density at radius 1 is 1.23 bits per heavy atom. The van der Waals surface area contributed by atoms with Crippen LogP contribution in [0.2, 0.25) is 0 Å². The number of esters is 1. The highest BCUT2D eigenvalue weighted by Gasteiger charge is 2.38. The minimum Gasteiger partial charge on any atom is -0.481 e. The largest absolute Gasteiger partial charge is 0.481 e. The van der Waals surface area contributed by atoms with Crippen molar-refractivity contribution in [1.29, 1.82) is 0 Å². The van der Waals surface area contributed by atoms with Gasteiger partial charge in [-0.1, -0.05) is 18.2 Å². The third-order valence-electron chi connectivity index (χ3n) is 4.19. The number of nitrogens with zero attached hydrogens (tertiary/aromatic N) is 2. The van der Waals surface area contributed by atoms with E-state index in [9.17, 15) is 19.2 Å². The first-order chi connectivity index (χ1) is 14.1. The van der Waals surface area contributed by atoms with Crippen molar-refractivity contribution in [2.24, 2.45) is 0 Å². The number of ether oxygens (including phenoxy) is 1. The Balaban J connectivity index is 2.20. The second-order valence-corrected chi connectivity index (χ2v) is 7.85. The van der Waals surface area contributed by atoms with Crippen molar-refractivity contribution in [2.45, 2.75) is 51.7 Å². The third-order valence-corrected chi connectivity index (χ3v) is 4.19. The number of urea groups is 1. The van der Waals surface area contributed by atoms with E-state index < -0.39 is 35.5 Å². The fourth-order valence-electron chi connectivity index (χ4n) is 2.84. The maximum absolute atomic E-state index is 13.1. The molecule has 1 aromatic rings. The molecule has 1 aliphatic rings. The van der Waals surface area contributed by atoms with Crippen LogP contribution in [0.1, 0.15) is 50.4 Å². The number of hydrazine groups is 2. The van der Waals surface area contributed by atoms with Crippen LogP contribution in [0, 0.1) is 0 Å². The van der Waals surface area contributed by atoms with Crippen LogP contribution >= 0.6 is 0 Å². The number of benzene rings is 1. The van der Waals surface area contributed by atoms with Gasteiger partial charge in [0.05, 0.1) is 13.0 Å². The summed E-state index contributed by atoms with van der Waals surface area (Å²) in [6, 6.07) is 6.58. The molecule has 30 heavy (non-hydrogen) atoms. The summed E-state index contributed by atoms with van der Waals surface area (Å²) in [6.07, 6.45) is 0.651. The Hall–Kier alpha value is -3.14. The lowest BCUT2D eigenvalue weighted by Gasteiger charge is -2.38. The average molecular weight is 420 g/mol. The molecule has 1 saturated heterocycles. The van der Waals surface area contributed by atoms with Crippen molar-refractivity contribution in [3.8, 4) is 0 Å². The van der Waals surface area contributed by atoms with Crippen molar-refractivity contribution in [3.05, 3.63) is 35.9 Å². The molecule has 164 valence electrons. The van der Waals surface area contributed by atoms with Gasteiger partial charge in [-0.15, -0.1) is 0 Å². The van der Waals surface area contributed by atoms with Gasteiger partial charge < -0.3 is 9.84 Å². The van der Waals surface area contributed by atoms with E-state index in [-0.39, 0.29) is 13.0 Å². The van der Waals surface area contributed by atoms with Gasteiger partial charge in [-0.25, -0.2) is 25.0 Å². The number of rotatable bonds is 5. The molecule has 1 heterocycles. The van der Waals surface area contributed by atoms with Crippen molar-refractivity contribution >= 4 is 23.9 Å². The SMILES string of the molecule is CC(C)(C)OC(=O)C1CCCNN1C(=O)N(CCC(=O)O)NC(=O)c1ccccc1. The molecular formula is C20H28N4O6. The summed E-state index contributed by atoms with van der Waals surface area (Å²) in [5.41, 5.74) is 4.88. The van der Waals surface area contributed by atoms with Crippen LogP contribution in [0.15, 0.2) is 30.3 Å². The van der Waals surface area contributed by atoms with Gasteiger partial charge in [0.1, 0.15) is 11.6 Å². The lowest BCUT2D eigenvalue weighted by atomic mass is 10.1. The van der Waals surface area contributed by atoms with E-state index >= 15 is 0 Å². The highest BCUT2D eigenvalue weighted by molar-refractivity contribution is 5.95. The zero-order valence-electron chi connectivity index (χ0n) is 17.4. The molecule has 1 aliphatic heterocycles. The Labute approximate surface area is 175 Å². The fraction of sp³-hybridized carbons (Fsp3) is 0.500. The molecule has 10 heteroatoms. The number of carbonyl (C=O) groups is 4. The molecule has 1 atom stereocenters. The topological polar surface area (TPSA) is 128 Å². The van der Waals surface area contributed by atoms with Crippen LogP contribution in [-0.4, -0.2) is 63.7 Å². The Morgan fingerprint density at radius 3 is 2.50 bits per heavy atom. The molecule has 1 unspecified atom stereocenters. The molecule has 1 fully saturated rings. The van der Waals surface area contributed by atoms with E-state index in [1.807, 2.05) is 0 Å². The highest BCUT2D eigenvalue weighted by atomic mass is 16.6. The van der Waals surface area contributed by atoms with Crippen molar-refractivity contribution in [3.63, 3.8) is 0 Å². The lowest BCUT2D eigenvalue weighted by Crippen LogP contribution is -2.63. The van der Waals surface area contributed by atoms with Gasteiger partial charge in [-0.05, 0) is 45.7 Å². The fourth-order valence-corrected chi connectivity index (χ4v) is 2.84. The number of aliphatic carboxylic acids is 1. The maximum atomic E-state index is 13.1. The molecule has 0 spiro atoms. The summed E-state index contributed by atoms with van der Waals surface area (Å²) in [5.74, 6) is -2.27. The Bertz CT molecular complexity index is 777. The quantitative estimate of drug-likeness (QED) is 0.487. The van der Waals surface area contributed by atoms with Crippen LogP contribution in [0.25, 0.3) is 0 Å².